The van der Waals surface area contributed by atoms with E-state index in [4.69, 9.17) is 4.74 Å². The van der Waals surface area contributed by atoms with Crippen LogP contribution in [-0.4, -0.2) is 40.3 Å². The summed E-state index contributed by atoms with van der Waals surface area (Å²) in [4.78, 5) is 14.6. The summed E-state index contributed by atoms with van der Waals surface area (Å²) in [5, 5.41) is 6.91. The van der Waals surface area contributed by atoms with Gasteiger partial charge in [-0.05, 0) is 25.5 Å². The van der Waals surface area contributed by atoms with Crippen molar-refractivity contribution in [3.63, 3.8) is 0 Å². The monoisotopic (exact) mass is 285 g/mol. The molecule has 5 heteroatoms. The van der Waals surface area contributed by atoms with Gasteiger partial charge in [0, 0.05) is 12.2 Å². The second-order valence-electron chi connectivity index (χ2n) is 5.46. The second-order valence-corrected chi connectivity index (χ2v) is 5.46. The molecule has 0 bridgehead atoms. The minimum Gasteiger partial charge on any atom is -0.374 e. The van der Waals surface area contributed by atoms with E-state index in [9.17, 15) is 4.79 Å². The molecule has 0 aliphatic carbocycles. The maximum absolute atomic E-state index is 12.7. The number of hydrogen-bond donors (Lipinski definition) is 1. The normalized spacial score (nSPS) is 22.3. The largest absolute Gasteiger partial charge is 0.374 e. The molecule has 21 heavy (non-hydrogen) atoms. The number of amides is 1. The lowest BCUT2D eigenvalue weighted by molar-refractivity contribution is -0.0449. The van der Waals surface area contributed by atoms with Gasteiger partial charge in [-0.3, -0.25) is 9.89 Å². The lowest BCUT2D eigenvalue weighted by Crippen LogP contribution is -2.46. The van der Waals surface area contributed by atoms with Crippen LogP contribution in [0.5, 0.6) is 0 Å². The van der Waals surface area contributed by atoms with Crippen LogP contribution in [0.15, 0.2) is 36.4 Å². The molecule has 0 spiro atoms. The molecule has 1 fully saturated rings. The number of nitrogens with one attached hydrogen (secondary N) is 1. The molecule has 0 saturated carbocycles. The zero-order valence-electron chi connectivity index (χ0n) is 12.2. The summed E-state index contributed by atoms with van der Waals surface area (Å²) >= 11 is 0. The molecule has 2 atom stereocenters. The van der Waals surface area contributed by atoms with Gasteiger partial charge in [0.05, 0.1) is 18.8 Å². The van der Waals surface area contributed by atoms with Gasteiger partial charge in [-0.25, -0.2) is 0 Å². The number of nitrogens with zero attached hydrogens (tertiary/aromatic N) is 2. The van der Waals surface area contributed by atoms with E-state index >= 15 is 0 Å². The molecule has 1 N–H and O–H groups in total. The molecule has 5 nitrogen and oxygen atoms in total. The fourth-order valence-corrected chi connectivity index (χ4v) is 2.65. The van der Waals surface area contributed by atoms with Crippen molar-refractivity contribution in [1.82, 2.24) is 15.1 Å². The van der Waals surface area contributed by atoms with Gasteiger partial charge >= 0.3 is 0 Å². The van der Waals surface area contributed by atoms with Crippen LogP contribution >= 0.6 is 0 Å². The van der Waals surface area contributed by atoms with Crippen molar-refractivity contribution in [1.29, 1.82) is 0 Å². The number of hydrogen-bond acceptors (Lipinski definition) is 3. The number of rotatable bonds is 2. The van der Waals surface area contributed by atoms with Gasteiger partial charge in [0.2, 0.25) is 0 Å². The van der Waals surface area contributed by atoms with E-state index in [1.807, 2.05) is 49.1 Å². The summed E-state index contributed by atoms with van der Waals surface area (Å²) in [6.45, 7) is 4.96. The lowest BCUT2D eigenvalue weighted by atomic mass is 10.0. The van der Waals surface area contributed by atoms with Crippen molar-refractivity contribution in [2.24, 2.45) is 0 Å². The number of benzene rings is 1. The topological polar surface area (TPSA) is 58.2 Å². The van der Waals surface area contributed by atoms with Crippen molar-refractivity contribution in [3.05, 3.63) is 53.3 Å². The quantitative estimate of drug-likeness (QED) is 0.921. The van der Waals surface area contributed by atoms with Gasteiger partial charge < -0.3 is 9.64 Å². The van der Waals surface area contributed by atoms with Crippen LogP contribution in [0.25, 0.3) is 0 Å². The first-order valence-corrected chi connectivity index (χ1v) is 7.14. The Balaban J connectivity index is 1.90. The van der Waals surface area contributed by atoms with E-state index in [0.717, 1.165) is 11.3 Å². The van der Waals surface area contributed by atoms with Crippen molar-refractivity contribution in [2.75, 3.05) is 13.2 Å². The summed E-state index contributed by atoms with van der Waals surface area (Å²) in [6, 6.07) is 11.7. The molecule has 3 rings (SSSR count). The smallest absolute Gasteiger partial charge is 0.275 e. The Morgan fingerprint density at radius 1 is 1.38 bits per heavy atom. The maximum Gasteiger partial charge on any atom is 0.275 e. The third-order valence-corrected chi connectivity index (χ3v) is 3.74. The van der Waals surface area contributed by atoms with Crippen LogP contribution in [0.2, 0.25) is 0 Å². The first kappa shape index (κ1) is 13.8. The predicted octanol–water partition coefficient (Wildman–Crippen LogP) is 2.32. The lowest BCUT2D eigenvalue weighted by Gasteiger charge is -2.38. The number of ether oxygens (including phenoxy) is 1. The molecule has 1 aromatic heterocycles. The fraction of sp³-hybridized carbons (Fsp3) is 0.375. The van der Waals surface area contributed by atoms with Crippen molar-refractivity contribution < 1.29 is 9.53 Å². The Morgan fingerprint density at radius 3 is 2.81 bits per heavy atom. The number of aromatic nitrogens is 2. The summed E-state index contributed by atoms with van der Waals surface area (Å²) in [6.07, 6.45) is 0.0361. The molecular formula is C16H19N3O2. The minimum absolute atomic E-state index is 0.0361. The zero-order valence-corrected chi connectivity index (χ0v) is 12.2. The maximum atomic E-state index is 12.7. The van der Waals surface area contributed by atoms with Gasteiger partial charge in [-0.2, -0.15) is 5.10 Å². The van der Waals surface area contributed by atoms with Crippen LogP contribution in [0.3, 0.4) is 0 Å². The van der Waals surface area contributed by atoms with E-state index in [-0.39, 0.29) is 18.1 Å². The number of H-pyrrole nitrogens is 1. The second kappa shape index (κ2) is 5.69. The Labute approximate surface area is 123 Å². The Bertz CT molecular complexity index is 623. The first-order valence-electron chi connectivity index (χ1n) is 7.14. The van der Waals surface area contributed by atoms with Crippen molar-refractivity contribution in [3.8, 4) is 0 Å². The molecule has 1 saturated heterocycles. The fourth-order valence-electron chi connectivity index (χ4n) is 2.65. The first-order chi connectivity index (χ1) is 10.1. The zero-order chi connectivity index (χ0) is 14.8. The van der Waals surface area contributed by atoms with E-state index in [1.54, 1.807) is 6.07 Å². The highest BCUT2D eigenvalue weighted by molar-refractivity contribution is 5.92. The van der Waals surface area contributed by atoms with Crippen molar-refractivity contribution in [2.45, 2.75) is 26.0 Å². The number of carbonyl (C=O) groups excluding carboxylic acids is 1. The number of morpholine rings is 1. The molecule has 110 valence electrons. The average molecular weight is 285 g/mol. The van der Waals surface area contributed by atoms with Gasteiger partial charge in [0.25, 0.3) is 5.91 Å². The summed E-state index contributed by atoms with van der Waals surface area (Å²) in [7, 11) is 0. The average Bonchev–Trinajstić information content (AvgIpc) is 2.94. The predicted molar refractivity (Wildman–Crippen MR) is 79.0 cm³/mol. The number of carbonyl (C=O) groups is 1. The SMILES string of the molecule is Cc1cc(C(=O)N2C[C@@H](C)OC[C@@H]2c2ccccc2)n[nH]1. The molecule has 1 aliphatic heterocycles. The molecule has 0 unspecified atom stereocenters. The third kappa shape index (κ3) is 2.83. The highest BCUT2D eigenvalue weighted by Gasteiger charge is 2.33. The standard InChI is InChI=1S/C16H19N3O2/c1-11-8-14(18-17-11)16(20)19-9-12(2)21-10-15(19)13-6-4-3-5-7-13/h3-8,12,15H,9-10H2,1-2H3,(H,17,18)/t12-,15-/m1/s1. The van der Waals surface area contributed by atoms with Crippen LogP contribution in [0.4, 0.5) is 0 Å². The molecule has 2 heterocycles. The van der Waals surface area contributed by atoms with Gasteiger partial charge in [-0.15, -0.1) is 0 Å². The van der Waals surface area contributed by atoms with Gasteiger partial charge in [-0.1, -0.05) is 30.3 Å². The van der Waals surface area contributed by atoms with Crippen molar-refractivity contribution >= 4 is 5.91 Å². The Morgan fingerprint density at radius 2 is 2.14 bits per heavy atom. The summed E-state index contributed by atoms with van der Waals surface area (Å²) in [5.41, 5.74) is 2.43. The highest BCUT2D eigenvalue weighted by atomic mass is 16.5. The van der Waals surface area contributed by atoms with Gasteiger partial charge in [0.15, 0.2) is 0 Å². The van der Waals surface area contributed by atoms with Crippen LogP contribution in [0.1, 0.15) is 34.7 Å². The molecular weight excluding hydrogens is 266 g/mol. The Kier molecular flexibility index (Phi) is 3.75. The Hall–Kier alpha value is -2.14. The van der Waals surface area contributed by atoms with Crippen LogP contribution in [0, 0.1) is 6.92 Å². The summed E-state index contributed by atoms with van der Waals surface area (Å²) in [5.74, 6) is -0.0525. The van der Waals surface area contributed by atoms with E-state index in [1.165, 1.54) is 0 Å². The molecule has 1 amide bonds. The van der Waals surface area contributed by atoms with Crippen LogP contribution in [-0.2, 0) is 4.74 Å². The van der Waals surface area contributed by atoms with E-state index in [2.05, 4.69) is 10.2 Å². The molecule has 1 aliphatic rings. The third-order valence-electron chi connectivity index (χ3n) is 3.74. The molecule has 0 radical (unpaired) electrons. The van der Waals surface area contributed by atoms with E-state index in [0.29, 0.717) is 18.8 Å². The van der Waals surface area contributed by atoms with Crippen LogP contribution < -0.4 is 0 Å². The van der Waals surface area contributed by atoms with Gasteiger partial charge in [0.1, 0.15) is 5.69 Å². The number of aryl methyl sites for hydroxylation is 1. The number of aromatic amines is 1. The molecule has 1 aromatic carbocycles. The van der Waals surface area contributed by atoms with E-state index < -0.39 is 0 Å². The molecule has 2 aromatic rings. The minimum atomic E-state index is -0.0630. The summed E-state index contributed by atoms with van der Waals surface area (Å²) < 4.78 is 5.74. The highest BCUT2D eigenvalue weighted by Crippen LogP contribution is 2.27.